The number of aryl methyl sites for hydroxylation is 2. The Morgan fingerprint density at radius 2 is 2.19 bits per heavy atom. The van der Waals surface area contributed by atoms with Gasteiger partial charge in [0.25, 0.3) is 0 Å². The van der Waals surface area contributed by atoms with Gasteiger partial charge in [0.15, 0.2) is 0 Å². The molecule has 1 aliphatic heterocycles. The minimum atomic E-state index is 0.0680. The summed E-state index contributed by atoms with van der Waals surface area (Å²) in [6.07, 6.45) is 3.55. The molecule has 3 rings (SSSR count). The molecular formula is C16H18N4O. The third kappa shape index (κ3) is 3.02. The summed E-state index contributed by atoms with van der Waals surface area (Å²) >= 11 is 0. The second-order valence-corrected chi connectivity index (χ2v) is 5.18. The first-order valence-electron chi connectivity index (χ1n) is 7.15. The van der Waals surface area contributed by atoms with Crippen LogP contribution in [0.3, 0.4) is 0 Å². The molecular weight excluding hydrogens is 264 g/mol. The maximum absolute atomic E-state index is 12.4. The highest BCUT2D eigenvalue weighted by atomic mass is 16.2. The molecule has 0 bridgehead atoms. The van der Waals surface area contributed by atoms with Crippen molar-refractivity contribution in [3.8, 4) is 0 Å². The van der Waals surface area contributed by atoms with Crippen LogP contribution in [0.25, 0.3) is 0 Å². The van der Waals surface area contributed by atoms with Crippen LogP contribution in [0.1, 0.15) is 17.7 Å². The Morgan fingerprint density at radius 1 is 1.33 bits per heavy atom. The van der Waals surface area contributed by atoms with E-state index in [9.17, 15) is 4.79 Å². The lowest BCUT2D eigenvalue weighted by molar-refractivity contribution is -0.117. The van der Waals surface area contributed by atoms with Gasteiger partial charge in [-0.3, -0.25) is 4.79 Å². The molecule has 0 saturated heterocycles. The number of para-hydroxylation sites is 1. The van der Waals surface area contributed by atoms with E-state index < -0.39 is 0 Å². The molecule has 0 spiro atoms. The smallest absolute Gasteiger partial charge is 0.246 e. The summed E-state index contributed by atoms with van der Waals surface area (Å²) in [5.74, 6) is 0.750. The number of carbonyl (C=O) groups is 1. The monoisotopic (exact) mass is 282 g/mol. The molecule has 0 saturated carbocycles. The largest absolute Gasteiger partial charge is 0.361 e. The van der Waals surface area contributed by atoms with Crippen LogP contribution in [-0.4, -0.2) is 29.0 Å². The van der Waals surface area contributed by atoms with E-state index in [2.05, 4.69) is 21.4 Å². The average Bonchev–Trinajstić information content (AvgIpc) is 2.52. The fraction of sp³-hybridized carbons (Fsp3) is 0.312. The molecule has 5 nitrogen and oxygen atoms in total. The van der Waals surface area contributed by atoms with Gasteiger partial charge in [-0.2, -0.15) is 0 Å². The summed E-state index contributed by atoms with van der Waals surface area (Å²) < 4.78 is 0. The van der Waals surface area contributed by atoms with E-state index in [0.29, 0.717) is 5.82 Å². The topological polar surface area (TPSA) is 58.1 Å². The molecule has 0 atom stereocenters. The highest BCUT2D eigenvalue weighted by Crippen LogP contribution is 2.26. The van der Waals surface area contributed by atoms with Gasteiger partial charge in [0, 0.05) is 24.0 Å². The molecule has 1 aromatic carbocycles. The van der Waals surface area contributed by atoms with Gasteiger partial charge in [-0.25, -0.2) is 9.97 Å². The van der Waals surface area contributed by atoms with Crippen LogP contribution < -0.4 is 10.2 Å². The highest BCUT2D eigenvalue weighted by Gasteiger charge is 2.21. The van der Waals surface area contributed by atoms with E-state index in [0.717, 1.165) is 30.8 Å². The van der Waals surface area contributed by atoms with Gasteiger partial charge in [-0.15, -0.1) is 0 Å². The molecule has 21 heavy (non-hydrogen) atoms. The number of rotatable bonds is 3. The third-order valence-electron chi connectivity index (χ3n) is 3.64. The van der Waals surface area contributed by atoms with Crippen LogP contribution in [0, 0.1) is 6.92 Å². The van der Waals surface area contributed by atoms with Crippen molar-refractivity contribution in [2.75, 3.05) is 23.3 Å². The highest BCUT2D eigenvalue weighted by molar-refractivity contribution is 5.97. The molecule has 0 radical (unpaired) electrons. The predicted octanol–water partition coefficient (Wildman–Crippen LogP) is 2.18. The number of nitrogens with one attached hydrogen (secondary N) is 1. The summed E-state index contributed by atoms with van der Waals surface area (Å²) in [7, 11) is 0. The number of hydrogen-bond acceptors (Lipinski definition) is 4. The molecule has 2 aromatic rings. The number of benzene rings is 1. The van der Waals surface area contributed by atoms with Crippen LogP contribution in [0.5, 0.6) is 0 Å². The Labute approximate surface area is 124 Å². The average molecular weight is 282 g/mol. The SMILES string of the molecule is Cc1cc(NCC(=O)N2CCCc3ccccc32)ncn1. The summed E-state index contributed by atoms with van der Waals surface area (Å²) in [4.78, 5) is 22.4. The Kier molecular flexibility index (Phi) is 3.81. The number of fused-ring (bicyclic) bond motifs is 1. The fourth-order valence-corrected chi connectivity index (χ4v) is 2.61. The number of nitrogens with zero attached hydrogens (tertiary/aromatic N) is 3. The predicted molar refractivity (Wildman–Crippen MR) is 82.4 cm³/mol. The number of hydrogen-bond donors (Lipinski definition) is 1. The normalized spacial score (nSPS) is 13.7. The molecule has 0 fully saturated rings. The summed E-state index contributed by atoms with van der Waals surface area (Å²) in [6, 6.07) is 9.94. The van der Waals surface area contributed by atoms with Gasteiger partial charge in [0.1, 0.15) is 12.1 Å². The zero-order chi connectivity index (χ0) is 14.7. The van der Waals surface area contributed by atoms with Crippen LogP contribution in [0.2, 0.25) is 0 Å². The Hall–Kier alpha value is -2.43. The molecule has 1 aromatic heterocycles. The summed E-state index contributed by atoms with van der Waals surface area (Å²) in [5, 5.41) is 3.07. The molecule has 108 valence electrons. The van der Waals surface area contributed by atoms with Gasteiger partial charge in [-0.05, 0) is 31.4 Å². The molecule has 5 heteroatoms. The second-order valence-electron chi connectivity index (χ2n) is 5.18. The first kappa shape index (κ1) is 13.5. The third-order valence-corrected chi connectivity index (χ3v) is 3.64. The van der Waals surface area contributed by atoms with Crippen LogP contribution >= 0.6 is 0 Å². The molecule has 1 aliphatic rings. The molecule has 1 amide bonds. The molecule has 1 N–H and O–H groups in total. The van der Waals surface area contributed by atoms with Gasteiger partial charge >= 0.3 is 0 Å². The Bertz CT molecular complexity index is 656. The van der Waals surface area contributed by atoms with Crippen molar-refractivity contribution in [2.24, 2.45) is 0 Å². The zero-order valence-corrected chi connectivity index (χ0v) is 12.0. The van der Waals surface area contributed by atoms with E-state index in [-0.39, 0.29) is 12.5 Å². The number of amides is 1. The molecule has 0 aliphatic carbocycles. The maximum atomic E-state index is 12.4. The first-order chi connectivity index (χ1) is 10.2. The number of anilines is 2. The molecule has 2 heterocycles. The second kappa shape index (κ2) is 5.91. The standard InChI is InChI=1S/C16H18N4O/c1-12-9-15(19-11-18-12)17-10-16(21)20-8-4-6-13-5-2-3-7-14(13)20/h2-3,5,7,9,11H,4,6,8,10H2,1H3,(H,17,18,19). The Balaban J connectivity index is 1.69. The molecule has 0 unspecified atom stereocenters. The van der Waals surface area contributed by atoms with Crippen LogP contribution in [0.15, 0.2) is 36.7 Å². The lowest BCUT2D eigenvalue weighted by Gasteiger charge is -2.29. The fourth-order valence-electron chi connectivity index (χ4n) is 2.61. The van der Waals surface area contributed by atoms with Crippen molar-refractivity contribution in [1.29, 1.82) is 0 Å². The van der Waals surface area contributed by atoms with E-state index in [1.807, 2.05) is 36.1 Å². The van der Waals surface area contributed by atoms with E-state index in [1.54, 1.807) is 0 Å². The van der Waals surface area contributed by atoms with Crippen molar-refractivity contribution in [3.05, 3.63) is 47.9 Å². The minimum Gasteiger partial charge on any atom is -0.361 e. The number of aromatic nitrogens is 2. The summed E-state index contributed by atoms with van der Waals surface area (Å²) in [6.45, 7) is 2.92. The minimum absolute atomic E-state index is 0.0680. The summed E-state index contributed by atoms with van der Waals surface area (Å²) in [5.41, 5.74) is 3.16. The van der Waals surface area contributed by atoms with E-state index in [4.69, 9.17) is 0 Å². The van der Waals surface area contributed by atoms with Crippen molar-refractivity contribution < 1.29 is 4.79 Å². The number of carbonyl (C=O) groups excluding carboxylic acids is 1. The van der Waals surface area contributed by atoms with Crippen molar-refractivity contribution in [2.45, 2.75) is 19.8 Å². The van der Waals surface area contributed by atoms with Gasteiger partial charge < -0.3 is 10.2 Å². The van der Waals surface area contributed by atoms with Gasteiger partial charge in [0.2, 0.25) is 5.91 Å². The lowest BCUT2D eigenvalue weighted by atomic mass is 10.0. The van der Waals surface area contributed by atoms with E-state index >= 15 is 0 Å². The lowest BCUT2D eigenvalue weighted by Crippen LogP contribution is -2.39. The zero-order valence-electron chi connectivity index (χ0n) is 12.0. The Morgan fingerprint density at radius 3 is 3.05 bits per heavy atom. The van der Waals surface area contributed by atoms with Crippen LogP contribution in [0.4, 0.5) is 11.5 Å². The van der Waals surface area contributed by atoms with E-state index in [1.165, 1.54) is 11.9 Å². The van der Waals surface area contributed by atoms with Crippen molar-refractivity contribution in [3.63, 3.8) is 0 Å². The van der Waals surface area contributed by atoms with Crippen LogP contribution in [-0.2, 0) is 11.2 Å². The van der Waals surface area contributed by atoms with Crippen molar-refractivity contribution >= 4 is 17.4 Å². The maximum Gasteiger partial charge on any atom is 0.246 e. The van der Waals surface area contributed by atoms with Gasteiger partial charge in [0.05, 0.1) is 6.54 Å². The quantitative estimate of drug-likeness (QED) is 0.937. The van der Waals surface area contributed by atoms with Crippen molar-refractivity contribution in [1.82, 2.24) is 9.97 Å². The van der Waals surface area contributed by atoms with Gasteiger partial charge in [-0.1, -0.05) is 18.2 Å². The first-order valence-corrected chi connectivity index (χ1v) is 7.15.